The van der Waals surface area contributed by atoms with Gasteiger partial charge in [0, 0.05) is 6.54 Å². The highest BCUT2D eigenvalue weighted by Crippen LogP contribution is 2.30. The summed E-state index contributed by atoms with van der Waals surface area (Å²) < 4.78 is 0. The maximum absolute atomic E-state index is 12.2. The standard InChI is InChI=1S/C12H11Cl2N3O4/c13-6-2-1-3-7(14)10(6)16-12(21)17-5-9(18)15-4-8(17)11(19)20/h1-3,8H,4-5H2,(H,15,18)(H,16,21)(H,19,20). The summed E-state index contributed by atoms with van der Waals surface area (Å²) in [7, 11) is 0. The quantitative estimate of drug-likeness (QED) is 0.762. The normalized spacial score (nSPS) is 18.1. The number of carboxylic acid groups (broad SMARTS) is 1. The molecule has 0 saturated carbocycles. The lowest BCUT2D eigenvalue weighted by Crippen LogP contribution is -2.60. The fourth-order valence-corrected chi connectivity index (χ4v) is 2.36. The predicted octanol–water partition coefficient (Wildman–Crippen LogP) is 1.41. The number of aliphatic carboxylic acids is 1. The lowest BCUT2D eigenvalue weighted by molar-refractivity contribution is -0.144. The molecule has 1 fully saturated rings. The summed E-state index contributed by atoms with van der Waals surface area (Å²) in [5.41, 5.74) is 0.168. The first-order valence-corrected chi connectivity index (χ1v) is 6.67. The average molecular weight is 332 g/mol. The molecule has 0 spiro atoms. The van der Waals surface area contributed by atoms with Crippen LogP contribution in [0.1, 0.15) is 0 Å². The highest BCUT2D eigenvalue weighted by atomic mass is 35.5. The number of benzene rings is 1. The Hall–Kier alpha value is -1.99. The van der Waals surface area contributed by atoms with Crippen molar-refractivity contribution in [3.8, 4) is 0 Å². The van der Waals surface area contributed by atoms with E-state index < -0.39 is 23.9 Å². The summed E-state index contributed by atoms with van der Waals surface area (Å²) in [5, 5.41) is 14.3. The number of piperazine rings is 1. The number of nitrogens with zero attached hydrogens (tertiary/aromatic N) is 1. The molecule has 1 aliphatic rings. The van der Waals surface area contributed by atoms with Crippen molar-refractivity contribution in [3.63, 3.8) is 0 Å². The van der Waals surface area contributed by atoms with Gasteiger partial charge in [0.15, 0.2) is 0 Å². The first-order chi connectivity index (χ1) is 9.90. The Bertz CT molecular complexity index is 588. The first kappa shape index (κ1) is 15.4. The molecule has 2 rings (SSSR count). The Balaban J connectivity index is 2.21. The number of carbonyl (C=O) groups excluding carboxylic acids is 2. The van der Waals surface area contributed by atoms with Crippen LogP contribution in [0.2, 0.25) is 10.0 Å². The summed E-state index contributed by atoms with van der Waals surface area (Å²) in [6, 6.07) is 2.76. The number of nitrogens with one attached hydrogen (secondary N) is 2. The Kier molecular flexibility index (Phi) is 4.54. The number of amides is 3. The SMILES string of the molecule is O=C1CN(C(=O)Nc2c(Cl)cccc2Cl)C(C(=O)O)CN1. The lowest BCUT2D eigenvalue weighted by Gasteiger charge is -2.32. The van der Waals surface area contributed by atoms with Crippen molar-refractivity contribution >= 4 is 46.8 Å². The fourth-order valence-electron chi connectivity index (χ4n) is 1.87. The van der Waals surface area contributed by atoms with Gasteiger partial charge in [-0.05, 0) is 12.1 Å². The van der Waals surface area contributed by atoms with Crippen LogP contribution in [0.5, 0.6) is 0 Å². The minimum Gasteiger partial charge on any atom is -0.480 e. The van der Waals surface area contributed by atoms with E-state index in [1.807, 2.05) is 0 Å². The Morgan fingerprint density at radius 1 is 1.33 bits per heavy atom. The molecule has 3 amide bonds. The molecular formula is C12H11Cl2N3O4. The van der Waals surface area contributed by atoms with Gasteiger partial charge in [0.25, 0.3) is 0 Å². The number of hydrogen-bond acceptors (Lipinski definition) is 3. The second-order valence-corrected chi connectivity index (χ2v) is 5.13. The van der Waals surface area contributed by atoms with Crippen molar-refractivity contribution in [1.29, 1.82) is 0 Å². The smallest absolute Gasteiger partial charge is 0.328 e. The summed E-state index contributed by atoms with van der Waals surface area (Å²) >= 11 is 11.9. The van der Waals surface area contributed by atoms with E-state index in [1.54, 1.807) is 6.07 Å². The van der Waals surface area contributed by atoms with Crippen molar-refractivity contribution in [3.05, 3.63) is 28.2 Å². The number of hydrogen-bond donors (Lipinski definition) is 3. The van der Waals surface area contributed by atoms with Crippen molar-refractivity contribution < 1.29 is 19.5 Å². The summed E-state index contributed by atoms with van der Waals surface area (Å²) in [6.45, 7) is -0.511. The third-order valence-electron chi connectivity index (χ3n) is 2.92. The van der Waals surface area contributed by atoms with Crippen LogP contribution in [-0.4, -0.2) is 47.0 Å². The second-order valence-electron chi connectivity index (χ2n) is 4.31. The molecule has 1 atom stereocenters. The summed E-state index contributed by atoms with van der Waals surface area (Å²) in [5.74, 6) is -1.65. The molecule has 0 aromatic heterocycles. The zero-order valence-electron chi connectivity index (χ0n) is 10.6. The molecule has 0 radical (unpaired) electrons. The molecule has 0 bridgehead atoms. The molecular weight excluding hydrogens is 321 g/mol. The van der Waals surface area contributed by atoms with E-state index in [4.69, 9.17) is 28.3 Å². The molecule has 1 aromatic carbocycles. The van der Waals surface area contributed by atoms with Crippen LogP contribution in [0.4, 0.5) is 10.5 Å². The average Bonchev–Trinajstić information content (AvgIpc) is 2.42. The Labute approximate surface area is 129 Å². The topological polar surface area (TPSA) is 98.7 Å². The van der Waals surface area contributed by atoms with Gasteiger partial charge in [-0.3, -0.25) is 9.69 Å². The number of carboxylic acids is 1. The van der Waals surface area contributed by atoms with E-state index in [1.165, 1.54) is 12.1 Å². The van der Waals surface area contributed by atoms with Gasteiger partial charge in [0.05, 0.1) is 15.7 Å². The molecule has 3 N–H and O–H groups in total. The highest BCUT2D eigenvalue weighted by Gasteiger charge is 2.35. The van der Waals surface area contributed by atoms with Crippen molar-refractivity contribution in [2.45, 2.75) is 6.04 Å². The van der Waals surface area contributed by atoms with Crippen LogP contribution in [-0.2, 0) is 9.59 Å². The third-order valence-corrected chi connectivity index (χ3v) is 3.55. The Morgan fingerprint density at radius 3 is 2.52 bits per heavy atom. The van der Waals surface area contributed by atoms with Gasteiger partial charge < -0.3 is 15.7 Å². The van der Waals surface area contributed by atoms with Crippen LogP contribution >= 0.6 is 23.2 Å². The molecule has 1 saturated heterocycles. The van der Waals surface area contributed by atoms with E-state index in [9.17, 15) is 14.4 Å². The van der Waals surface area contributed by atoms with E-state index >= 15 is 0 Å². The van der Waals surface area contributed by atoms with Crippen LogP contribution in [0, 0.1) is 0 Å². The maximum atomic E-state index is 12.2. The van der Waals surface area contributed by atoms with Gasteiger partial charge in [-0.2, -0.15) is 0 Å². The number of para-hydroxylation sites is 1. The minimum atomic E-state index is -1.21. The molecule has 21 heavy (non-hydrogen) atoms. The van der Waals surface area contributed by atoms with E-state index in [0.717, 1.165) is 4.90 Å². The number of anilines is 1. The van der Waals surface area contributed by atoms with Crippen LogP contribution in [0.3, 0.4) is 0 Å². The first-order valence-electron chi connectivity index (χ1n) is 5.91. The summed E-state index contributed by atoms with van der Waals surface area (Å²) in [4.78, 5) is 35.6. The van der Waals surface area contributed by atoms with Gasteiger partial charge in [-0.1, -0.05) is 29.3 Å². The number of urea groups is 1. The monoisotopic (exact) mass is 331 g/mol. The van der Waals surface area contributed by atoms with Gasteiger partial charge in [-0.25, -0.2) is 9.59 Å². The molecule has 1 unspecified atom stereocenters. The molecule has 1 heterocycles. The van der Waals surface area contributed by atoms with E-state index in [-0.39, 0.29) is 28.8 Å². The number of rotatable bonds is 2. The second kappa shape index (κ2) is 6.19. The van der Waals surface area contributed by atoms with Gasteiger partial charge in [0.2, 0.25) is 5.91 Å². The zero-order chi connectivity index (χ0) is 15.6. The zero-order valence-corrected chi connectivity index (χ0v) is 12.1. The van der Waals surface area contributed by atoms with Gasteiger partial charge in [-0.15, -0.1) is 0 Å². The van der Waals surface area contributed by atoms with Crippen molar-refractivity contribution in [1.82, 2.24) is 10.2 Å². The molecule has 9 heteroatoms. The van der Waals surface area contributed by atoms with Crippen LogP contribution in [0.25, 0.3) is 0 Å². The molecule has 1 aliphatic heterocycles. The van der Waals surface area contributed by atoms with Crippen molar-refractivity contribution in [2.75, 3.05) is 18.4 Å². The Morgan fingerprint density at radius 2 is 1.95 bits per heavy atom. The highest BCUT2D eigenvalue weighted by molar-refractivity contribution is 6.39. The largest absolute Gasteiger partial charge is 0.480 e. The maximum Gasteiger partial charge on any atom is 0.328 e. The minimum absolute atomic E-state index is 0.155. The van der Waals surface area contributed by atoms with Crippen LogP contribution in [0.15, 0.2) is 18.2 Å². The summed E-state index contributed by atoms with van der Waals surface area (Å²) in [6.07, 6.45) is 0. The molecule has 112 valence electrons. The predicted molar refractivity (Wildman–Crippen MR) is 76.6 cm³/mol. The lowest BCUT2D eigenvalue weighted by atomic mass is 10.2. The van der Waals surface area contributed by atoms with E-state index in [0.29, 0.717) is 0 Å². The molecule has 7 nitrogen and oxygen atoms in total. The van der Waals surface area contributed by atoms with Gasteiger partial charge in [0.1, 0.15) is 12.6 Å². The third kappa shape index (κ3) is 3.37. The molecule has 1 aromatic rings. The van der Waals surface area contributed by atoms with Crippen LogP contribution < -0.4 is 10.6 Å². The number of halogens is 2. The molecule has 0 aliphatic carbocycles. The van der Waals surface area contributed by atoms with Crippen molar-refractivity contribution in [2.24, 2.45) is 0 Å². The van der Waals surface area contributed by atoms with E-state index in [2.05, 4.69) is 10.6 Å². The van der Waals surface area contributed by atoms with Gasteiger partial charge >= 0.3 is 12.0 Å². The number of carbonyl (C=O) groups is 3. The fraction of sp³-hybridized carbons (Fsp3) is 0.250.